The standard InChI is InChI=1S/C17H26O/c1-3-14-10-12-16(13-11-14)17(2,18)15-8-6-4-5-7-9-15/h10-13,15,18H,3-9H2,1-2H3. The number of hydrogen-bond acceptors (Lipinski definition) is 1. The highest BCUT2D eigenvalue weighted by Gasteiger charge is 2.33. The Bertz CT molecular complexity index is 356. The van der Waals surface area contributed by atoms with E-state index in [0.717, 1.165) is 12.0 Å². The summed E-state index contributed by atoms with van der Waals surface area (Å²) in [5.41, 5.74) is 1.78. The third-order valence-corrected chi connectivity index (χ3v) is 4.60. The molecule has 1 fully saturated rings. The number of benzene rings is 1. The van der Waals surface area contributed by atoms with E-state index in [1.54, 1.807) is 0 Å². The molecule has 0 aromatic heterocycles. The fourth-order valence-corrected chi connectivity index (χ4v) is 3.16. The molecular weight excluding hydrogens is 220 g/mol. The summed E-state index contributed by atoms with van der Waals surface area (Å²) in [6, 6.07) is 8.54. The van der Waals surface area contributed by atoms with Crippen LogP contribution in [-0.4, -0.2) is 5.11 Å². The Morgan fingerprint density at radius 2 is 1.61 bits per heavy atom. The van der Waals surface area contributed by atoms with Gasteiger partial charge in [0.2, 0.25) is 0 Å². The van der Waals surface area contributed by atoms with Crippen molar-refractivity contribution in [2.75, 3.05) is 0 Å². The second kappa shape index (κ2) is 5.88. The monoisotopic (exact) mass is 246 g/mol. The molecule has 0 heterocycles. The molecule has 0 aliphatic heterocycles. The third-order valence-electron chi connectivity index (χ3n) is 4.60. The van der Waals surface area contributed by atoms with Crippen LogP contribution in [0.3, 0.4) is 0 Å². The van der Waals surface area contributed by atoms with E-state index in [1.165, 1.54) is 44.1 Å². The van der Waals surface area contributed by atoms with Gasteiger partial charge in [-0.15, -0.1) is 0 Å². The first-order chi connectivity index (χ1) is 8.64. The van der Waals surface area contributed by atoms with E-state index in [1.807, 2.05) is 6.92 Å². The first kappa shape index (κ1) is 13.6. The molecule has 1 heteroatoms. The van der Waals surface area contributed by atoms with Gasteiger partial charge in [-0.05, 0) is 43.2 Å². The maximum Gasteiger partial charge on any atom is 0.0896 e. The van der Waals surface area contributed by atoms with Crippen LogP contribution in [0.4, 0.5) is 0 Å². The van der Waals surface area contributed by atoms with Crippen molar-refractivity contribution in [1.82, 2.24) is 0 Å². The van der Waals surface area contributed by atoms with Crippen LogP contribution in [0.2, 0.25) is 0 Å². The van der Waals surface area contributed by atoms with E-state index in [9.17, 15) is 5.11 Å². The van der Waals surface area contributed by atoms with Gasteiger partial charge in [-0.3, -0.25) is 0 Å². The lowest BCUT2D eigenvalue weighted by Crippen LogP contribution is -2.31. The van der Waals surface area contributed by atoms with E-state index in [-0.39, 0.29) is 0 Å². The summed E-state index contributed by atoms with van der Waals surface area (Å²) >= 11 is 0. The lowest BCUT2D eigenvalue weighted by atomic mass is 9.78. The number of aryl methyl sites for hydroxylation is 1. The van der Waals surface area contributed by atoms with Gasteiger partial charge in [0.05, 0.1) is 5.60 Å². The van der Waals surface area contributed by atoms with Crippen LogP contribution in [0.5, 0.6) is 0 Å². The number of aliphatic hydroxyl groups is 1. The Balaban J connectivity index is 2.16. The van der Waals surface area contributed by atoms with Gasteiger partial charge >= 0.3 is 0 Å². The Hall–Kier alpha value is -0.820. The molecule has 18 heavy (non-hydrogen) atoms. The predicted molar refractivity (Wildman–Crippen MR) is 76.6 cm³/mol. The van der Waals surface area contributed by atoms with Crippen molar-refractivity contribution in [3.8, 4) is 0 Å². The molecule has 1 unspecified atom stereocenters. The first-order valence-corrected chi connectivity index (χ1v) is 7.46. The average Bonchev–Trinajstić information content (AvgIpc) is 2.68. The molecule has 1 aliphatic rings. The highest BCUT2D eigenvalue weighted by Crippen LogP contribution is 2.38. The quantitative estimate of drug-likeness (QED) is 0.782. The van der Waals surface area contributed by atoms with Gasteiger partial charge in [0, 0.05) is 0 Å². The van der Waals surface area contributed by atoms with Gasteiger partial charge in [-0.1, -0.05) is 56.9 Å². The van der Waals surface area contributed by atoms with Crippen molar-refractivity contribution in [1.29, 1.82) is 0 Å². The van der Waals surface area contributed by atoms with Gasteiger partial charge in [0.15, 0.2) is 0 Å². The summed E-state index contributed by atoms with van der Waals surface area (Å²) in [5.74, 6) is 0.424. The number of hydrogen-bond donors (Lipinski definition) is 1. The van der Waals surface area contributed by atoms with Gasteiger partial charge in [0.1, 0.15) is 0 Å². The van der Waals surface area contributed by atoms with E-state index in [4.69, 9.17) is 0 Å². The van der Waals surface area contributed by atoms with Gasteiger partial charge in [-0.2, -0.15) is 0 Å². The van der Waals surface area contributed by atoms with Crippen LogP contribution in [0, 0.1) is 5.92 Å². The fraction of sp³-hybridized carbons (Fsp3) is 0.647. The molecule has 1 saturated carbocycles. The Labute approximate surface area is 111 Å². The van der Waals surface area contributed by atoms with Crippen molar-refractivity contribution in [2.45, 2.75) is 64.4 Å². The summed E-state index contributed by atoms with van der Waals surface area (Å²) in [6.45, 7) is 4.17. The van der Waals surface area contributed by atoms with Gasteiger partial charge in [-0.25, -0.2) is 0 Å². The lowest BCUT2D eigenvalue weighted by Gasteiger charge is -2.33. The number of rotatable bonds is 3. The predicted octanol–water partition coefficient (Wildman–Crippen LogP) is 4.43. The maximum atomic E-state index is 10.9. The molecular formula is C17H26O. The minimum absolute atomic E-state index is 0.424. The minimum atomic E-state index is -0.656. The van der Waals surface area contributed by atoms with Crippen molar-refractivity contribution in [3.05, 3.63) is 35.4 Å². The molecule has 1 atom stereocenters. The molecule has 0 amide bonds. The zero-order valence-corrected chi connectivity index (χ0v) is 11.8. The fourth-order valence-electron chi connectivity index (χ4n) is 3.16. The zero-order valence-electron chi connectivity index (χ0n) is 11.8. The molecule has 2 rings (SSSR count). The Morgan fingerprint density at radius 3 is 2.11 bits per heavy atom. The van der Waals surface area contributed by atoms with E-state index < -0.39 is 5.60 Å². The maximum absolute atomic E-state index is 10.9. The zero-order chi connectivity index (χ0) is 13.0. The summed E-state index contributed by atoms with van der Waals surface area (Å²) < 4.78 is 0. The summed E-state index contributed by atoms with van der Waals surface area (Å²) in [5, 5.41) is 10.9. The molecule has 1 aromatic carbocycles. The molecule has 1 aliphatic carbocycles. The van der Waals surface area contributed by atoms with Gasteiger partial charge in [0.25, 0.3) is 0 Å². The minimum Gasteiger partial charge on any atom is -0.385 e. The Morgan fingerprint density at radius 1 is 1.06 bits per heavy atom. The van der Waals surface area contributed by atoms with Crippen LogP contribution in [0.15, 0.2) is 24.3 Å². The molecule has 0 saturated heterocycles. The molecule has 1 aromatic rings. The summed E-state index contributed by atoms with van der Waals surface area (Å²) in [6.07, 6.45) is 8.61. The van der Waals surface area contributed by atoms with Crippen molar-refractivity contribution in [2.24, 2.45) is 5.92 Å². The molecule has 0 bridgehead atoms. The lowest BCUT2D eigenvalue weighted by molar-refractivity contribution is -0.0126. The van der Waals surface area contributed by atoms with E-state index in [2.05, 4.69) is 31.2 Å². The second-order valence-corrected chi connectivity index (χ2v) is 5.89. The normalized spacial score (nSPS) is 21.3. The summed E-state index contributed by atoms with van der Waals surface area (Å²) in [7, 11) is 0. The molecule has 0 radical (unpaired) electrons. The first-order valence-electron chi connectivity index (χ1n) is 7.46. The highest BCUT2D eigenvalue weighted by atomic mass is 16.3. The second-order valence-electron chi connectivity index (χ2n) is 5.89. The van der Waals surface area contributed by atoms with E-state index in [0.29, 0.717) is 5.92 Å². The van der Waals surface area contributed by atoms with Crippen molar-refractivity contribution >= 4 is 0 Å². The average molecular weight is 246 g/mol. The summed E-state index contributed by atoms with van der Waals surface area (Å²) in [4.78, 5) is 0. The largest absolute Gasteiger partial charge is 0.385 e. The smallest absolute Gasteiger partial charge is 0.0896 e. The van der Waals surface area contributed by atoms with Crippen LogP contribution < -0.4 is 0 Å². The molecule has 0 spiro atoms. The van der Waals surface area contributed by atoms with E-state index >= 15 is 0 Å². The van der Waals surface area contributed by atoms with Crippen LogP contribution >= 0.6 is 0 Å². The molecule has 1 N–H and O–H groups in total. The van der Waals surface area contributed by atoms with Crippen LogP contribution in [-0.2, 0) is 12.0 Å². The molecule has 100 valence electrons. The topological polar surface area (TPSA) is 20.2 Å². The van der Waals surface area contributed by atoms with Crippen molar-refractivity contribution < 1.29 is 5.11 Å². The van der Waals surface area contributed by atoms with Crippen LogP contribution in [0.25, 0.3) is 0 Å². The third kappa shape index (κ3) is 2.95. The van der Waals surface area contributed by atoms with Crippen LogP contribution in [0.1, 0.15) is 63.5 Å². The SMILES string of the molecule is CCc1ccc(C(C)(O)C2CCCCCC2)cc1. The van der Waals surface area contributed by atoms with Crippen molar-refractivity contribution in [3.63, 3.8) is 0 Å². The highest BCUT2D eigenvalue weighted by molar-refractivity contribution is 5.27. The van der Waals surface area contributed by atoms with Gasteiger partial charge < -0.3 is 5.11 Å². The Kier molecular flexibility index (Phi) is 4.45. The molecule has 1 nitrogen and oxygen atoms in total.